The summed E-state index contributed by atoms with van der Waals surface area (Å²) in [5.74, 6) is -0.184. The van der Waals surface area contributed by atoms with Crippen molar-refractivity contribution in [1.82, 2.24) is 14.8 Å². The van der Waals surface area contributed by atoms with Gasteiger partial charge in [0, 0.05) is 50.5 Å². The summed E-state index contributed by atoms with van der Waals surface area (Å²) in [5.41, 5.74) is 3.94. The molecule has 1 saturated heterocycles. The van der Waals surface area contributed by atoms with Crippen LogP contribution in [0.1, 0.15) is 22.5 Å². The molecule has 3 rings (SSSR count). The summed E-state index contributed by atoms with van der Waals surface area (Å²) in [4.78, 5) is 9.83. The molecule has 1 aromatic heterocycles. The number of hydrogen-bond acceptors (Lipinski definition) is 4. The molecule has 1 aliphatic heterocycles. The van der Waals surface area contributed by atoms with E-state index in [0.29, 0.717) is 13.0 Å². The fourth-order valence-corrected chi connectivity index (χ4v) is 3.87. The Morgan fingerprint density at radius 3 is 2.48 bits per heavy atom. The Morgan fingerprint density at radius 2 is 1.83 bits per heavy atom. The molecular weight excluding hydrogens is 399 g/mol. The van der Waals surface area contributed by atoms with Gasteiger partial charge < -0.3 is 9.64 Å². The number of benzene rings is 1. The van der Waals surface area contributed by atoms with Gasteiger partial charge in [0.25, 0.3) is 0 Å². The number of piperazine rings is 1. The summed E-state index contributed by atoms with van der Waals surface area (Å²) in [7, 11) is 0. The molecule has 0 unspecified atom stereocenters. The number of hydrogen-bond donors (Lipinski definition) is 0. The fraction of sp³-hybridized carbons (Fsp3) is 0.429. The quantitative estimate of drug-likeness (QED) is 0.670. The Bertz CT molecular complexity index is 844. The van der Waals surface area contributed by atoms with Crippen molar-refractivity contribution in [1.29, 1.82) is 0 Å². The van der Waals surface area contributed by atoms with Crippen LogP contribution < -0.4 is 4.74 Å². The Hall–Kier alpha value is -2.19. The summed E-state index contributed by atoms with van der Waals surface area (Å²) in [6.45, 7) is 7.79. The second-order valence-corrected chi connectivity index (χ2v) is 7.78. The predicted octanol–water partition coefficient (Wildman–Crippen LogP) is 4.28. The lowest BCUT2D eigenvalue weighted by Crippen LogP contribution is -2.48. The molecule has 1 aliphatic rings. The van der Waals surface area contributed by atoms with Crippen LogP contribution in [0.25, 0.3) is 0 Å². The average Bonchev–Trinajstić information content (AvgIpc) is 2.60. The number of aromatic nitrogens is 1. The van der Waals surface area contributed by atoms with Crippen molar-refractivity contribution < 1.29 is 17.9 Å². The van der Waals surface area contributed by atoms with Crippen LogP contribution in [-0.2, 0) is 13.0 Å². The van der Waals surface area contributed by atoms with Gasteiger partial charge in [0.15, 0.2) is 0 Å². The lowest BCUT2D eigenvalue weighted by molar-refractivity contribution is -0.274. The first-order valence-electron chi connectivity index (χ1n) is 9.47. The van der Waals surface area contributed by atoms with E-state index >= 15 is 0 Å². The van der Waals surface area contributed by atoms with E-state index < -0.39 is 6.36 Å². The number of nitrogens with zero attached hydrogens (tertiary/aromatic N) is 3. The highest BCUT2D eigenvalue weighted by Crippen LogP contribution is 2.24. The van der Waals surface area contributed by atoms with Crippen LogP contribution in [0.5, 0.6) is 5.75 Å². The van der Waals surface area contributed by atoms with Gasteiger partial charge in [-0.1, -0.05) is 24.4 Å². The number of ether oxygens (including phenoxy) is 1. The Labute approximate surface area is 174 Å². The maximum absolute atomic E-state index is 12.4. The molecule has 0 aliphatic carbocycles. The number of alkyl halides is 3. The van der Waals surface area contributed by atoms with Crippen molar-refractivity contribution in [2.24, 2.45) is 0 Å². The van der Waals surface area contributed by atoms with Crippen LogP contribution in [0, 0.1) is 13.8 Å². The molecule has 1 fully saturated rings. The van der Waals surface area contributed by atoms with Gasteiger partial charge in [-0.05, 0) is 49.2 Å². The first-order chi connectivity index (χ1) is 13.7. The van der Waals surface area contributed by atoms with E-state index in [-0.39, 0.29) is 5.75 Å². The molecule has 0 N–H and O–H groups in total. The van der Waals surface area contributed by atoms with E-state index in [9.17, 15) is 13.2 Å². The summed E-state index contributed by atoms with van der Waals surface area (Å²) >= 11 is 5.62. The van der Waals surface area contributed by atoms with Gasteiger partial charge >= 0.3 is 6.36 Å². The van der Waals surface area contributed by atoms with E-state index in [2.05, 4.69) is 32.5 Å². The van der Waals surface area contributed by atoms with Gasteiger partial charge in [0.1, 0.15) is 5.75 Å². The van der Waals surface area contributed by atoms with Gasteiger partial charge in [-0.15, -0.1) is 13.2 Å². The average molecular weight is 424 g/mol. The highest BCUT2D eigenvalue weighted by atomic mass is 32.1. The largest absolute Gasteiger partial charge is 0.573 e. The minimum Gasteiger partial charge on any atom is -0.406 e. The van der Waals surface area contributed by atoms with Crippen molar-refractivity contribution in [3.8, 4) is 5.75 Å². The Morgan fingerprint density at radius 1 is 1.10 bits per heavy atom. The molecule has 0 amide bonds. The second-order valence-electron chi connectivity index (χ2n) is 7.31. The zero-order valence-corrected chi connectivity index (χ0v) is 17.3. The highest BCUT2D eigenvalue weighted by Gasteiger charge is 2.31. The topological polar surface area (TPSA) is 28.6 Å². The third-order valence-electron chi connectivity index (χ3n) is 4.75. The number of rotatable bonds is 5. The predicted molar refractivity (Wildman–Crippen MR) is 110 cm³/mol. The molecule has 0 spiro atoms. The molecule has 8 heteroatoms. The SMILES string of the molecule is Cc1cc(C)nc(CC(=S)N2CCN(Cc3cccc(OC(F)(F)F)c3)CC2)c1. The van der Waals surface area contributed by atoms with Crippen LogP contribution in [-0.4, -0.2) is 52.3 Å². The molecule has 0 atom stereocenters. The molecule has 1 aromatic carbocycles. The maximum Gasteiger partial charge on any atom is 0.573 e. The van der Waals surface area contributed by atoms with E-state index in [1.165, 1.54) is 17.7 Å². The maximum atomic E-state index is 12.4. The lowest BCUT2D eigenvalue weighted by Gasteiger charge is -2.36. The van der Waals surface area contributed by atoms with Crippen LogP contribution in [0.2, 0.25) is 0 Å². The van der Waals surface area contributed by atoms with Crippen molar-refractivity contribution in [2.45, 2.75) is 33.2 Å². The number of halogens is 3. The van der Waals surface area contributed by atoms with Crippen LogP contribution >= 0.6 is 12.2 Å². The molecule has 2 aromatic rings. The third-order valence-corrected chi connectivity index (χ3v) is 5.15. The van der Waals surface area contributed by atoms with Gasteiger partial charge in [-0.25, -0.2) is 0 Å². The first kappa shape index (κ1) is 21.5. The number of aryl methyl sites for hydroxylation is 2. The summed E-state index contributed by atoms with van der Waals surface area (Å²) in [6, 6.07) is 10.3. The van der Waals surface area contributed by atoms with Gasteiger partial charge in [-0.3, -0.25) is 9.88 Å². The molecule has 156 valence electrons. The monoisotopic (exact) mass is 423 g/mol. The van der Waals surface area contributed by atoms with Crippen LogP contribution in [0.4, 0.5) is 13.2 Å². The van der Waals surface area contributed by atoms with E-state index in [1.54, 1.807) is 6.07 Å². The first-order valence-corrected chi connectivity index (χ1v) is 9.88. The van der Waals surface area contributed by atoms with Crippen LogP contribution in [0.3, 0.4) is 0 Å². The normalized spacial score (nSPS) is 15.4. The molecule has 2 heterocycles. The Kier molecular flexibility index (Phi) is 6.74. The second kappa shape index (κ2) is 9.09. The molecule has 0 bridgehead atoms. The van der Waals surface area contributed by atoms with E-state index in [0.717, 1.165) is 48.1 Å². The van der Waals surface area contributed by atoms with Crippen molar-refractivity contribution in [3.05, 3.63) is 58.9 Å². The highest BCUT2D eigenvalue weighted by molar-refractivity contribution is 7.80. The molecular formula is C21H24F3N3OS. The minimum atomic E-state index is -4.68. The van der Waals surface area contributed by atoms with Gasteiger partial charge in [0.05, 0.1) is 4.99 Å². The molecule has 4 nitrogen and oxygen atoms in total. The zero-order chi connectivity index (χ0) is 21.0. The van der Waals surface area contributed by atoms with Crippen molar-refractivity contribution in [3.63, 3.8) is 0 Å². The number of pyridine rings is 1. The fourth-order valence-electron chi connectivity index (χ4n) is 3.54. The van der Waals surface area contributed by atoms with Crippen molar-refractivity contribution in [2.75, 3.05) is 26.2 Å². The van der Waals surface area contributed by atoms with Crippen molar-refractivity contribution >= 4 is 17.2 Å². The molecule has 0 radical (unpaired) electrons. The lowest BCUT2D eigenvalue weighted by atomic mass is 10.1. The standard InChI is InChI=1S/C21H24F3N3OS/c1-15-10-16(2)25-18(11-15)13-20(29)27-8-6-26(7-9-27)14-17-4-3-5-19(12-17)28-21(22,23)24/h3-5,10-12H,6-9,13-14H2,1-2H3. The summed E-state index contributed by atoms with van der Waals surface area (Å²) in [6.07, 6.45) is -4.03. The summed E-state index contributed by atoms with van der Waals surface area (Å²) < 4.78 is 41.2. The smallest absolute Gasteiger partial charge is 0.406 e. The molecule has 0 saturated carbocycles. The van der Waals surface area contributed by atoms with Crippen LogP contribution in [0.15, 0.2) is 36.4 Å². The van der Waals surface area contributed by atoms with E-state index in [1.807, 2.05) is 19.1 Å². The zero-order valence-electron chi connectivity index (χ0n) is 16.5. The van der Waals surface area contributed by atoms with E-state index in [4.69, 9.17) is 12.2 Å². The summed E-state index contributed by atoms with van der Waals surface area (Å²) in [5, 5.41) is 0. The number of thiocarbonyl (C=S) groups is 1. The third kappa shape index (κ3) is 6.68. The van der Waals surface area contributed by atoms with Gasteiger partial charge in [0.2, 0.25) is 0 Å². The van der Waals surface area contributed by atoms with Gasteiger partial charge in [-0.2, -0.15) is 0 Å². The molecule has 29 heavy (non-hydrogen) atoms. The Balaban J connectivity index is 1.51. The minimum absolute atomic E-state index is 0.184.